The van der Waals surface area contributed by atoms with Crippen LogP contribution in [0.3, 0.4) is 0 Å². The Morgan fingerprint density at radius 3 is 2.71 bits per heavy atom. The number of hydrogen-bond donors (Lipinski definition) is 1. The molecule has 0 aliphatic carbocycles. The number of benzene rings is 1. The monoisotopic (exact) mass is 392 g/mol. The maximum Gasteiger partial charge on any atom is 0.263 e. The first-order chi connectivity index (χ1) is 13.6. The van der Waals surface area contributed by atoms with E-state index < -0.39 is 0 Å². The highest BCUT2D eigenvalue weighted by Crippen LogP contribution is 2.29. The average Bonchev–Trinajstić information content (AvgIpc) is 3.19. The van der Waals surface area contributed by atoms with Crippen LogP contribution in [0.1, 0.15) is 5.56 Å². The zero-order chi connectivity index (χ0) is 19.7. The molecule has 3 aromatic heterocycles. The first-order valence-electron chi connectivity index (χ1n) is 9.05. The number of carbonyl (C=O) groups excluding carboxylic acids is 1. The molecule has 0 fully saturated rings. The zero-order valence-corrected chi connectivity index (χ0v) is 16.3. The van der Waals surface area contributed by atoms with E-state index >= 15 is 0 Å². The number of fused-ring (bicyclic) bond motifs is 3. The molecule has 0 atom stereocenters. The van der Waals surface area contributed by atoms with Crippen molar-refractivity contribution in [3.05, 3.63) is 76.0 Å². The van der Waals surface area contributed by atoms with Gasteiger partial charge in [0.05, 0.1) is 23.2 Å². The summed E-state index contributed by atoms with van der Waals surface area (Å²) in [6, 6.07) is 15.3. The lowest BCUT2D eigenvalue weighted by molar-refractivity contribution is -0.129. The van der Waals surface area contributed by atoms with Crippen LogP contribution in [0.5, 0.6) is 0 Å². The highest BCUT2D eigenvalue weighted by molar-refractivity contribution is 7.18. The molecule has 4 rings (SSSR count). The van der Waals surface area contributed by atoms with E-state index in [0.29, 0.717) is 5.56 Å². The van der Waals surface area contributed by atoms with Crippen LogP contribution in [0.15, 0.2) is 64.9 Å². The van der Waals surface area contributed by atoms with Gasteiger partial charge in [-0.3, -0.25) is 14.0 Å². The molecule has 5 nitrogen and oxygen atoms in total. The molecule has 0 saturated heterocycles. The Hall–Kier alpha value is -2.96. The van der Waals surface area contributed by atoms with Gasteiger partial charge < -0.3 is 10.0 Å². The van der Waals surface area contributed by atoms with E-state index in [-0.39, 0.29) is 31.0 Å². The van der Waals surface area contributed by atoms with Crippen LogP contribution >= 0.6 is 11.3 Å². The topological polar surface area (TPSA) is 62.0 Å². The molecule has 6 heteroatoms. The molecular weight excluding hydrogens is 372 g/mol. The largest absolute Gasteiger partial charge is 0.395 e. The summed E-state index contributed by atoms with van der Waals surface area (Å²) in [6.07, 6.45) is 1.95. The number of aromatic nitrogens is 1. The van der Waals surface area contributed by atoms with Gasteiger partial charge in [-0.1, -0.05) is 30.3 Å². The maximum atomic E-state index is 13.2. The Labute approximate surface area is 166 Å². The SMILES string of the molecule is CN(CCO)C(=O)Cc1cc(-c2ccccc2)c(=O)n2ccc3ccsc3c12. The summed E-state index contributed by atoms with van der Waals surface area (Å²) in [5.41, 5.74) is 2.88. The van der Waals surface area contributed by atoms with Crippen LogP contribution in [-0.2, 0) is 11.2 Å². The third kappa shape index (κ3) is 3.21. The molecule has 4 aromatic rings. The normalized spacial score (nSPS) is 11.2. The number of likely N-dealkylation sites (N-methyl/N-ethyl adjacent to an activating group) is 1. The number of carbonyl (C=O) groups is 1. The Bertz CT molecular complexity index is 1210. The van der Waals surface area contributed by atoms with Gasteiger partial charge in [-0.05, 0) is 40.1 Å². The number of pyridine rings is 2. The van der Waals surface area contributed by atoms with E-state index in [0.717, 1.165) is 26.7 Å². The Balaban J connectivity index is 1.97. The fourth-order valence-corrected chi connectivity index (χ4v) is 4.38. The molecule has 0 aliphatic rings. The van der Waals surface area contributed by atoms with Gasteiger partial charge in [0.25, 0.3) is 5.56 Å². The van der Waals surface area contributed by atoms with Gasteiger partial charge in [-0.15, -0.1) is 11.3 Å². The Morgan fingerprint density at radius 1 is 1.18 bits per heavy atom. The number of aliphatic hydroxyl groups is 1. The van der Waals surface area contributed by atoms with Crippen LogP contribution in [0.2, 0.25) is 0 Å². The number of aliphatic hydroxyl groups excluding tert-OH is 1. The second kappa shape index (κ2) is 7.58. The van der Waals surface area contributed by atoms with Crippen molar-refractivity contribution in [2.75, 3.05) is 20.2 Å². The highest BCUT2D eigenvalue weighted by atomic mass is 32.1. The summed E-state index contributed by atoms with van der Waals surface area (Å²) in [4.78, 5) is 27.4. The van der Waals surface area contributed by atoms with Crippen molar-refractivity contribution in [1.29, 1.82) is 0 Å². The minimum absolute atomic E-state index is 0.0817. The fourth-order valence-electron chi connectivity index (χ4n) is 3.42. The molecule has 1 N–H and O–H groups in total. The van der Waals surface area contributed by atoms with Crippen molar-refractivity contribution in [3.8, 4) is 11.1 Å². The second-order valence-corrected chi connectivity index (χ2v) is 7.63. The molecule has 3 heterocycles. The first-order valence-corrected chi connectivity index (χ1v) is 9.93. The number of thiophene rings is 1. The van der Waals surface area contributed by atoms with E-state index in [9.17, 15) is 9.59 Å². The summed E-state index contributed by atoms with van der Waals surface area (Å²) in [5, 5.41) is 12.2. The quantitative estimate of drug-likeness (QED) is 0.567. The lowest BCUT2D eigenvalue weighted by Crippen LogP contribution is -2.31. The Kier molecular flexibility index (Phi) is 4.98. The number of hydrogen-bond acceptors (Lipinski definition) is 4. The van der Waals surface area contributed by atoms with Gasteiger partial charge in [-0.25, -0.2) is 0 Å². The minimum Gasteiger partial charge on any atom is -0.395 e. The standard InChI is InChI=1S/C22H20N2O3S/c1-23(10-11-25)19(26)14-17-13-18(15-5-3-2-4-6-15)22(27)24-9-7-16-8-12-28-21(16)20(17)24/h2-9,12-13,25H,10-11,14H2,1H3. The molecule has 0 unspecified atom stereocenters. The lowest BCUT2D eigenvalue weighted by atomic mass is 10.0. The molecule has 0 spiro atoms. The number of amides is 1. The molecule has 0 radical (unpaired) electrons. The van der Waals surface area contributed by atoms with Gasteiger partial charge in [0.2, 0.25) is 5.91 Å². The maximum absolute atomic E-state index is 13.2. The van der Waals surface area contributed by atoms with Gasteiger partial charge >= 0.3 is 0 Å². The van der Waals surface area contributed by atoms with Crippen LogP contribution in [0, 0.1) is 0 Å². The predicted octanol–water partition coefficient (Wildman–Crippen LogP) is 3.17. The lowest BCUT2D eigenvalue weighted by Gasteiger charge is -2.17. The summed E-state index contributed by atoms with van der Waals surface area (Å²) < 4.78 is 2.64. The molecule has 0 saturated carbocycles. The number of rotatable bonds is 5. The smallest absolute Gasteiger partial charge is 0.263 e. The van der Waals surface area contributed by atoms with Crippen LogP contribution in [-0.4, -0.2) is 40.5 Å². The van der Waals surface area contributed by atoms with Gasteiger partial charge in [-0.2, -0.15) is 0 Å². The summed E-state index contributed by atoms with van der Waals surface area (Å²) in [7, 11) is 1.68. The van der Waals surface area contributed by atoms with Gasteiger partial charge in [0.15, 0.2) is 0 Å². The fraction of sp³-hybridized carbons (Fsp3) is 0.182. The summed E-state index contributed by atoms with van der Waals surface area (Å²) in [5.74, 6) is -0.0952. The van der Waals surface area contributed by atoms with Crippen molar-refractivity contribution >= 4 is 32.8 Å². The van der Waals surface area contributed by atoms with E-state index in [1.54, 1.807) is 29.0 Å². The first kappa shape index (κ1) is 18.4. The van der Waals surface area contributed by atoms with E-state index in [4.69, 9.17) is 5.11 Å². The van der Waals surface area contributed by atoms with E-state index in [1.807, 2.05) is 53.9 Å². The van der Waals surface area contributed by atoms with Crippen molar-refractivity contribution in [2.45, 2.75) is 6.42 Å². The molecule has 1 aromatic carbocycles. The van der Waals surface area contributed by atoms with Crippen LogP contribution < -0.4 is 5.56 Å². The van der Waals surface area contributed by atoms with Crippen molar-refractivity contribution in [1.82, 2.24) is 9.30 Å². The molecule has 0 aliphatic heterocycles. The van der Waals surface area contributed by atoms with Crippen LogP contribution in [0.25, 0.3) is 26.7 Å². The average molecular weight is 392 g/mol. The van der Waals surface area contributed by atoms with E-state index in [2.05, 4.69) is 0 Å². The molecular formula is C22H20N2O3S. The second-order valence-electron chi connectivity index (χ2n) is 6.71. The third-order valence-corrected chi connectivity index (χ3v) is 5.85. The number of nitrogens with zero attached hydrogens (tertiary/aromatic N) is 2. The van der Waals surface area contributed by atoms with E-state index in [1.165, 1.54) is 4.90 Å². The summed E-state index contributed by atoms with van der Waals surface area (Å²) in [6.45, 7) is 0.200. The molecule has 1 amide bonds. The van der Waals surface area contributed by atoms with Gasteiger partial charge in [0, 0.05) is 25.4 Å². The van der Waals surface area contributed by atoms with Gasteiger partial charge in [0.1, 0.15) is 0 Å². The van der Waals surface area contributed by atoms with Crippen molar-refractivity contribution in [3.63, 3.8) is 0 Å². The predicted molar refractivity (Wildman–Crippen MR) is 113 cm³/mol. The minimum atomic E-state index is -0.101. The van der Waals surface area contributed by atoms with Crippen LogP contribution in [0.4, 0.5) is 0 Å². The van der Waals surface area contributed by atoms with Crippen molar-refractivity contribution < 1.29 is 9.90 Å². The third-order valence-electron chi connectivity index (χ3n) is 4.91. The highest BCUT2D eigenvalue weighted by Gasteiger charge is 2.18. The molecule has 0 bridgehead atoms. The Morgan fingerprint density at radius 2 is 1.96 bits per heavy atom. The summed E-state index contributed by atoms with van der Waals surface area (Å²) >= 11 is 1.56. The molecule has 28 heavy (non-hydrogen) atoms. The molecule has 142 valence electrons. The van der Waals surface area contributed by atoms with Crippen molar-refractivity contribution in [2.24, 2.45) is 0 Å². The zero-order valence-electron chi connectivity index (χ0n) is 15.5.